The molecule has 1 N–H and O–H groups in total. The van der Waals surface area contributed by atoms with Crippen molar-refractivity contribution >= 4 is 11.3 Å². The summed E-state index contributed by atoms with van der Waals surface area (Å²) < 4.78 is 12.7. The van der Waals surface area contributed by atoms with Gasteiger partial charge >= 0.3 is 0 Å². The van der Waals surface area contributed by atoms with Gasteiger partial charge in [0.2, 0.25) is 0 Å². The van der Waals surface area contributed by atoms with Crippen molar-refractivity contribution in [2.75, 3.05) is 6.61 Å². The normalized spacial score (nSPS) is 10.5. The highest BCUT2D eigenvalue weighted by Gasteiger charge is 2.03. The van der Waals surface area contributed by atoms with Gasteiger partial charge in [-0.1, -0.05) is 0 Å². The van der Waals surface area contributed by atoms with E-state index in [0.29, 0.717) is 6.42 Å². The van der Waals surface area contributed by atoms with Crippen LogP contribution < -0.4 is 0 Å². The summed E-state index contributed by atoms with van der Waals surface area (Å²) in [6, 6.07) is 6.24. The third-order valence-electron chi connectivity index (χ3n) is 2.02. The Labute approximate surface area is 91.0 Å². The number of hydrogen-bond acceptors (Lipinski definition) is 3. The van der Waals surface area contributed by atoms with Gasteiger partial charge in [0.1, 0.15) is 5.82 Å². The average Bonchev–Trinajstić information content (AvgIpc) is 2.68. The predicted octanol–water partition coefficient (Wildman–Crippen LogP) is 2.48. The summed E-state index contributed by atoms with van der Waals surface area (Å²) in [5, 5.41) is 11.6. The summed E-state index contributed by atoms with van der Waals surface area (Å²) in [5.74, 6) is -0.246. The quantitative estimate of drug-likeness (QED) is 0.867. The Hall–Kier alpha value is -1.26. The molecule has 0 saturated carbocycles. The molecule has 0 aliphatic heterocycles. The Morgan fingerprint density at radius 1 is 1.27 bits per heavy atom. The third kappa shape index (κ3) is 2.40. The minimum absolute atomic E-state index is 0.108. The summed E-state index contributed by atoms with van der Waals surface area (Å²) >= 11 is 1.51. The Morgan fingerprint density at radius 3 is 2.67 bits per heavy atom. The van der Waals surface area contributed by atoms with Crippen LogP contribution in [0.2, 0.25) is 0 Å². The minimum atomic E-state index is -0.246. The van der Waals surface area contributed by atoms with Gasteiger partial charge in [-0.05, 0) is 24.3 Å². The highest BCUT2D eigenvalue weighted by molar-refractivity contribution is 7.09. The van der Waals surface area contributed by atoms with E-state index < -0.39 is 0 Å². The lowest BCUT2D eigenvalue weighted by Crippen LogP contribution is -1.89. The van der Waals surface area contributed by atoms with E-state index in [-0.39, 0.29) is 12.4 Å². The molecule has 0 bridgehead atoms. The van der Waals surface area contributed by atoms with Gasteiger partial charge in [0, 0.05) is 24.0 Å². The molecule has 2 aromatic rings. The average molecular weight is 223 g/mol. The summed E-state index contributed by atoms with van der Waals surface area (Å²) in [6.07, 6.45) is 0.575. The largest absolute Gasteiger partial charge is 0.396 e. The van der Waals surface area contributed by atoms with Gasteiger partial charge in [-0.25, -0.2) is 9.37 Å². The summed E-state index contributed by atoms with van der Waals surface area (Å²) in [4.78, 5) is 4.34. The lowest BCUT2D eigenvalue weighted by molar-refractivity contribution is 0.299. The number of thiazole rings is 1. The first-order chi connectivity index (χ1) is 7.29. The highest BCUT2D eigenvalue weighted by atomic mass is 32.1. The molecule has 0 amide bonds. The first kappa shape index (κ1) is 10.3. The molecule has 0 atom stereocenters. The van der Waals surface area contributed by atoms with Crippen LogP contribution in [0.1, 0.15) is 5.01 Å². The molecule has 0 spiro atoms. The number of aromatic nitrogens is 1. The van der Waals surface area contributed by atoms with Gasteiger partial charge in [-0.15, -0.1) is 11.3 Å². The molecule has 78 valence electrons. The minimum Gasteiger partial charge on any atom is -0.396 e. The van der Waals surface area contributed by atoms with Crippen LogP contribution >= 0.6 is 11.3 Å². The molecule has 1 heterocycles. The molecule has 1 aromatic heterocycles. The van der Waals surface area contributed by atoms with E-state index in [0.717, 1.165) is 16.3 Å². The van der Waals surface area contributed by atoms with E-state index in [4.69, 9.17) is 5.11 Å². The number of nitrogens with zero attached hydrogens (tertiary/aromatic N) is 1. The number of rotatable bonds is 3. The molecular weight excluding hydrogens is 213 g/mol. The second-order valence-electron chi connectivity index (χ2n) is 3.11. The first-order valence-corrected chi connectivity index (χ1v) is 5.49. The van der Waals surface area contributed by atoms with Crippen molar-refractivity contribution in [2.45, 2.75) is 6.42 Å². The van der Waals surface area contributed by atoms with E-state index in [1.165, 1.54) is 23.5 Å². The van der Waals surface area contributed by atoms with Crippen molar-refractivity contribution in [3.63, 3.8) is 0 Å². The molecular formula is C11H10FNOS. The smallest absolute Gasteiger partial charge is 0.123 e. The Bertz CT molecular complexity index is 438. The molecule has 0 aliphatic rings. The zero-order valence-electron chi connectivity index (χ0n) is 7.98. The fraction of sp³-hybridized carbons (Fsp3) is 0.182. The summed E-state index contributed by atoms with van der Waals surface area (Å²) in [7, 11) is 0. The fourth-order valence-corrected chi connectivity index (χ4v) is 2.07. The monoisotopic (exact) mass is 223 g/mol. The molecule has 0 fully saturated rings. The topological polar surface area (TPSA) is 33.1 Å². The molecule has 0 saturated heterocycles. The number of hydrogen-bond donors (Lipinski definition) is 1. The Kier molecular flexibility index (Phi) is 3.08. The van der Waals surface area contributed by atoms with Crippen LogP contribution in [0.25, 0.3) is 11.3 Å². The summed E-state index contributed by atoms with van der Waals surface area (Å²) in [6.45, 7) is 0.108. The van der Waals surface area contributed by atoms with Crippen molar-refractivity contribution in [2.24, 2.45) is 0 Å². The van der Waals surface area contributed by atoms with Gasteiger partial charge in [0.15, 0.2) is 0 Å². The SMILES string of the molecule is OCCc1nc(-c2ccc(F)cc2)cs1. The second-order valence-corrected chi connectivity index (χ2v) is 4.05. The summed E-state index contributed by atoms with van der Waals surface area (Å²) in [5.41, 5.74) is 1.74. The Balaban J connectivity index is 2.25. The zero-order chi connectivity index (χ0) is 10.7. The maximum Gasteiger partial charge on any atom is 0.123 e. The van der Waals surface area contributed by atoms with Gasteiger partial charge in [-0.3, -0.25) is 0 Å². The molecule has 0 unspecified atom stereocenters. The van der Waals surface area contributed by atoms with Crippen molar-refractivity contribution in [3.05, 3.63) is 40.5 Å². The lowest BCUT2D eigenvalue weighted by atomic mass is 10.2. The van der Waals surface area contributed by atoms with Crippen molar-refractivity contribution in [3.8, 4) is 11.3 Å². The van der Waals surface area contributed by atoms with Crippen LogP contribution in [0.5, 0.6) is 0 Å². The highest BCUT2D eigenvalue weighted by Crippen LogP contribution is 2.22. The number of aliphatic hydroxyl groups is 1. The maximum absolute atomic E-state index is 12.7. The van der Waals surface area contributed by atoms with Gasteiger partial charge < -0.3 is 5.11 Å². The zero-order valence-corrected chi connectivity index (χ0v) is 8.80. The number of benzene rings is 1. The lowest BCUT2D eigenvalue weighted by Gasteiger charge is -1.95. The predicted molar refractivity (Wildman–Crippen MR) is 58.3 cm³/mol. The van der Waals surface area contributed by atoms with Crippen LogP contribution in [0.15, 0.2) is 29.6 Å². The Morgan fingerprint density at radius 2 is 2.00 bits per heavy atom. The standard InChI is InChI=1S/C11H10FNOS/c12-9-3-1-8(2-4-9)10-7-15-11(13-10)5-6-14/h1-4,7,14H,5-6H2. The molecule has 0 radical (unpaired) electrons. The van der Waals surface area contributed by atoms with E-state index in [1.54, 1.807) is 12.1 Å². The molecule has 2 nitrogen and oxygen atoms in total. The van der Waals surface area contributed by atoms with E-state index in [1.807, 2.05) is 5.38 Å². The molecule has 4 heteroatoms. The van der Waals surface area contributed by atoms with Gasteiger partial charge in [0.05, 0.1) is 10.7 Å². The second kappa shape index (κ2) is 4.51. The fourth-order valence-electron chi connectivity index (χ4n) is 1.27. The third-order valence-corrected chi connectivity index (χ3v) is 2.93. The van der Waals surface area contributed by atoms with Crippen molar-refractivity contribution < 1.29 is 9.50 Å². The maximum atomic E-state index is 12.7. The van der Waals surface area contributed by atoms with Crippen LogP contribution in [0.4, 0.5) is 4.39 Å². The van der Waals surface area contributed by atoms with E-state index in [9.17, 15) is 4.39 Å². The van der Waals surface area contributed by atoms with Gasteiger partial charge in [-0.2, -0.15) is 0 Å². The van der Waals surface area contributed by atoms with Crippen LogP contribution in [0.3, 0.4) is 0 Å². The van der Waals surface area contributed by atoms with E-state index in [2.05, 4.69) is 4.98 Å². The van der Waals surface area contributed by atoms with Crippen LogP contribution in [0, 0.1) is 5.82 Å². The molecule has 2 rings (SSSR count). The first-order valence-electron chi connectivity index (χ1n) is 4.61. The van der Waals surface area contributed by atoms with E-state index >= 15 is 0 Å². The number of halogens is 1. The van der Waals surface area contributed by atoms with Crippen molar-refractivity contribution in [1.29, 1.82) is 0 Å². The van der Waals surface area contributed by atoms with Crippen LogP contribution in [-0.2, 0) is 6.42 Å². The molecule has 1 aromatic carbocycles. The molecule has 15 heavy (non-hydrogen) atoms. The number of aliphatic hydroxyl groups excluding tert-OH is 1. The molecule has 0 aliphatic carbocycles. The van der Waals surface area contributed by atoms with Gasteiger partial charge in [0.25, 0.3) is 0 Å². The van der Waals surface area contributed by atoms with Crippen LogP contribution in [-0.4, -0.2) is 16.7 Å². The van der Waals surface area contributed by atoms with Crippen molar-refractivity contribution in [1.82, 2.24) is 4.98 Å².